The van der Waals surface area contributed by atoms with E-state index in [1.807, 2.05) is 12.3 Å². The lowest BCUT2D eigenvalue weighted by Crippen LogP contribution is -2.53. The Morgan fingerprint density at radius 2 is 2.23 bits per heavy atom. The summed E-state index contributed by atoms with van der Waals surface area (Å²) >= 11 is 3.55. The molecule has 3 aliphatic carbocycles. The molecule has 2 heterocycles. The molecule has 6 heteroatoms. The van der Waals surface area contributed by atoms with Gasteiger partial charge in [-0.1, -0.05) is 13.8 Å². The number of hydrogen-bond donors (Lipinski definition) is 1. The van der Waals surface area contributed by atoms with Crippen molar-refractivity contribution < 1.29 is 4.74 Å². The van der Waals surface area contributed by atoms with E-state index in [4.69, 9.17) is 10.5 Å². The highest BCUT2D eigenvalue weighted by molar-refractivity contribution is 9.10. The Morgan fingerprint density at radius 1 is 1.41 bits per heavy atom. The molecule has 118 valence electrons. The van der Waals surface area contributed by atoms with Crippen LogP contribution in [0.25, 0.3) is 5.65 Å². The van der Waals surface area contributed by atoms with Gasteiger partial charge in [-0.25, -0.2) is 0 Å². The van der Waals surface area contributed by atoms with Gasteiger partial charge in [-0.2, -0.15) is 0 Å². The standard InChI is InChI=1S/C16H21BrN4O/c1-16(2)10-4-3-9(11(16)5-10)8-22-13-6-14-19-20-15(18)21(14)7-12(13)17/h6-7,9-11H,3-5,8H2,1-2H3,(H2,18,20)/t9-,10+,11+/m1/s1. The summed E-state index contributed by atoms with van der Waals surface area (Å²) in [6, 6.07) is 1.89. The van der Waals surface area contributed by atoms with E-state index in [1.165, 1.54) is 19.3 Å². The molecule has 3 atom stereocenters. The number of pyridine rings is 1. The van der Waals surface area contributed by atoms with Crippen LogP contribution >= 0.6 is 15.9 Å². The monoisotopic (exact) mass is 364 g/mol. The average Bonchev–Trinajstić information content (AvgIpc) is 2.85. The fraction of sp³-hybridized carbons (Fsp3) is 0.625. The van der Waals surface area contributed by atoms with Crippen LogP contribution in [-0.2, 0) is 0 Å². The highest BCUT2D eigenvalue weighted by Gasteiger charge is 2.54. The van der Waals surface area contributed by atoms with Crippen molar-refractivity contribution >= 4 is 27.5 Å². The van der Waals surface area contributed by atoms with Crippen molar-refractivity contribution in [3.63, 3.8) is 0 Å². The Hall–Kier alpha value is -1.30. The lowest BCUT2D eigenvalue weighted by Gasteiger charge is -2.60. The molecule has 2 bridgehead atoms. The molecule has 0 aliphatic heterocycles. The third-order valence-electron chi connectivity index (χ3n) is 5.94. The number of anilines is 1. The Labute approximate surface area is 138 Å². The van der Waals surface area contributed by atoms with Crippen LogP contribution in [0, 0.1) is 23.2 Å². The number of nitrogens with two attached hydrogens (primary N) is 1. The maximum atomic E-state index is 6.11. The first-order valence-electron chi connectivity index (χ1n) is 7.89. The molecule has 5 rings (SSSR count). The van der Waals surface area contributed by atoms with E-state index in [2.05, 4.69) is 40.0 Å². The Kier molecular flexibility index (Phi) is 3.15. The fourth-order valence-electron chi connectivity index (χ4n) is 4.38. The van der Waals surface area contributed by atoms with Crippen LogP contribution in [-0.4, -0.2) is 21.2 Å². The van der Waals surface area contributed by atoms with Crippen molar-refractivity contribution in [2.75, 3.05) is 12.3 Å². The Balaban J connectivity index is 1.51. The molecule has 5 nitrogen and oxygen atoms in total. The van der Waals surface area contributed by atoms with Gasteiger partial charge in [-0.3, -0.25) is 4.40 Å². The van der Waals surface area contributed by atoms with E-state index in [0.29, 0.717) is 22.9 Å². The van der Waals surface area contributed by atoms with Crippen molar-refractivity contribution in [1.82, 2.24) is 14.6 Å². The normalized spacial score (nSPS) is 29.3. The van der Waals surface area contributed by atoms with Crippen LogP contribution < -0.4 is 10.5 Å². The molecule has 0 amide bonds. The molecule has 0 radical (unpaired) electrons. The van der Waals surface area contributed by atoms with Crippen molar-refractivity contribution in [3.8, 4) is 5.75 Å². The van der Waals surface area contributed by atoms with Crippen LogP contribution in [0.1, 0.15) is 33.1 Å². The number of ether oxygens (including phenoxy) is 1. The summed E-state index contributed by atoms with van der Waals surface area (Å²) in [4.78, 5) is 0. The average molecular weight is 365 g/mol. The highest BCUT2D eigenvalue weighted by atomic mass is 79.9. The van der Waals surface area contributed by atoms with Gasteiger partial charge in [-0.15, -0.1) is 10.2 Å². The van der Waals surface area contributed by atoms with Gasteiger partial charge in [-0.05, 0) is 58.4 Å². The molecule has 0 aromatic carbocycles. The topological polar surface area (TPSA) is 65.4 Å². The predicted molar refractivity (Wildman–Crippen MR) is 88.7 cm³/mol. The lowest BCUT2D eigenvalue weighted by molar-refractivity contribution is -0.114. The van der Waals surface area contributed by atoms with E-state index in [9.17, 15) is 0 Å². The molecular formula is C16H21BrN4O. The first-order valence-corrected chi connectivity index (χ1v) is 8.68. The third-order valence-corrected chi connectivity index (χ3v) is 6.54. The van der Waals surface area contributed by atoms with Gasteiger partial charge in [0.15, 0.2) is 5.65 Å². The molecule has 2 aromatic rings. The van der Waals surface area contributed by atoms with Gasteiger partial charge in [0.1, 0.15) is 5.75 Å². The second-order valence-corrected chi connectivity index (χ2v) is 8.14. The van der Waals surface area contributed by atoms with E-state index >= 15 is 0 Å². The molecular weight excluding hydrogens is 344 g/mol. The molecule has 22 heavy (non-hydrogen) atoms. The smallest absolute Gasteiger partial charge is 0.226 e. The molecule has 2 aromatic heterocycles. The van der Waals surface area contributed by atoms with Crippen molar-refractivity contribution in [2.24, 2.45) is 23.2 Å². The van der Waals surface area contributed by atoms with Crippen LogP contribution in [0.15, 0.2) is 16.7 Å². The molecule has 0 spiro atoms. The first kappa shape index (κ1) is 14.3. The van der Waals surface area contributed by atoms with E-state index in [0.717, 1.165) is 28.7 Å². The van der Waals surface area contributed by atoms with Crippen LogP contribution in [0.4, 0.5) is 5.95 Å². The van der Waals surface area contributed by atoms with E-state index < -0.39 is 0 Å². The zero-order valence-corrected chi connectivity index (χ0v) is 14.5. The van der Waals surface area contributed by atoms with Crippen molar-refractivity contribution in [2.45, 2.75) is 33.1 Å². The number of nitrogen functional groups attached to an aromatic ring is 1. The molecule has 3 aliphatic rings. The predicted octanol–water partition coefficient (Wildman–Crippen LogP) is 3.53. The second-order valence-electron chi connectivity index (χ2n) is 7.28. The zero-order chi connectivity index (χ0) is 15.5. The van der Waals surface area contributed by atoms with Crippen molar-refractivity contribution in [3.05, 3.63) is 16.7 Å². The summed E-state index contributed by atoms with van der Waals surface area (Å²) in [5.74, 6) is 3.59. The number of fused-ring (bicyclic) bond motifs is 3. The summed E-state index contributed by atoms with van der Waals surface area (Å²) in [5, 5.41) is 7.93. The number of nitrogens with zero attached hydrogens (tertiary/aromatic N) is 3. The van der Waals surface area contributed by atoms with Gasteiger partial charge < -0.3 is 10.5 Å². The fourth-order valence-corrected chi connectivity index (χ4v) is 4.81. The van der Waals surface area contributed by atoms with Gasteiger partial charge >= 0.3 is 0 Å². The minimum atomic E-state index is 0.386. The number of aromatic nitrogens is 3. The number of hydrogen-bond acceptors (Lipinski definition) is 4. The maximum Gasteiger partial charge on any atom is 0.226 e. The SMILES string of the molecule is CC1(C)[C@H]2CC[C@H](COc3cc4nnc(N)n4cc3Br)[C@@H]1C2. The zero-order valence-electron chi connectivity index (χ0n) is 12.9. The minimum Gasteiger partial charge on any atom is -0.492 e. The molecule has 2 N–H and O–H groups in total. The lowest BCUT2D eigenvalue weighted by atomic mass is 9.46. The molecule has 0 saturated heterocycles. The van der Waals surface area contributed by atoms with E-state index in [1.54, 1.807) is 4.40 Å². The maximum absolute atomic E-state index is 6.11. The van der Waals surface area contributed by atoms with Crippen LogP contribution in [0.5, 0.6) is 5.75 Å². The molecule has 3 fully saturated rings. The Morgan fingerprint density at radius 3 is 2.95 bits per heavy atom. The van der Waals surface area contributed by atoms with Crippen LogP contribution in [0.2, 0.25) is 0 Å². The summed E-state index contributed by atoms with van der Waals surface area (Å²) < 4.78 is 8.74. The van der Waals surface area contributed by atoms with Crippen LogP contribution in [0.3, 0.4) is 0 Å². The summed E-state index contributed by atoms with van der Waals surface area (Å²) in [5.41, 5.74) is 6.97. The quantitative estimate of drug-likeness (QED) is 0.904. The summed E-state index contributed by atoms with van der Waals surface area (Å²) in [6.45, 7) is 5.61. The highest BCUT2D eigenvalue weighted by Crippen LogP contribution is 2.61. The minimum absolute atomic E-state index is 0.386. The summed E-state index contributed by atoms with van der Waals surface area (Å²) in [6.07, 6.45) is 5.88. The van der Waals surface area contributed by atoms with Gasteiger partial charge in [0.25, 0.3) is 0 Å². The van der Waals surface area contributed by atoms with Gasteiger partial charge in [0.05, 0.1) is 11.1 Å². The van der Waals surface area contributed by atoms with Crippen molar-refractivity contribution in [1.29, 1.82) is 0 Å². The van der Waals surface area contributed by atoms with Gasteiger partial charge in [0.2, 0.25) is 5.95 Å². The second kappa shape index (κ2) is 4.85. The van der Waals surface area contributed by atoms with Gasteiger partial charge in [0, 0.05) is 12.3 Å². The first-order chi connectivity index (χ1) is 10.5. The summed E-state index contributed by atoms with van der Waals surface area (Å²) in [7, 11) is 0. The Bertz CT molecular complexity index is 724. The number of rotatable bonds is 3. The molecule has 0 unspecified atom stereocenters. The molecule has 3 saturated carbocycles. The third kappa shape index (κ3) is 2.03. The van der Waals surface area contributed by atoms with E-state index in [-0.39, 0.29) is 0 Å². The number of halogens is 1. The largest absolute Gasteiger partial charge is 0.492 e.